The molecule has 4 aromatic carbocycles. The molecule has 7 nitrogen and oxygen atoms in total. The molecule has 0 saturated carbocycles. The molecule has 2 atom stereocenters. The van der Waals surface area contributed by atoms with Crippen molar-refractivity contribution in [1.29, 1.82) is 0 Å². The normalized spacial score (nSPS) is 12.4. The molecule has 2 amide bonds. The Hall–Kier alpha value is -3.85. The van der Waals surface area contributed by atoms with Crippen LogP contribution in [-0.4, -0.2) is 30.2 Å². The average Bonchev–Trinajstić information content (AvgIpc) is 2.99. The largest absolute Gasteiger partial charge is 0.489 e. The number of hydrogen-bond donors (Lipinski definition) is 2. The Morgan fingerprint density at radius 1 is 0.905 bits per heavy atom. The molecule has 0 unspecified atom stereocenters. The van der Waals surface area contributed by atoms with E-state index in [4.69, 9.17) is 32.7 Å². The van der Waals surface area contributed by atoms with E-state index in [0.717, 1.165) is 21.2 Å². The van der Waals surface area contributed by atoms with E-state index in [2.05, 4.69) is 31.8 Å². The number of ether oxygens (including phenoxy) is 2. The van der Waals surface area contributed by atoms with E-state index in [1.54, 1.807) is 19.1 Å². The topological polar surface area (TPSA) is 89.0 Å². The van der Waals surface area contributed by atoms with Gasteiger partial charge in [0, 0.05) is 15.9 Å². The van der Waals surface area contributed by atoms with Gasteiger partial charge in [-0.2, -0.15) is 5.10 Å². The predicted octanol–water partition coefficient (Wildman–Crippen LogP) is 6.98. The summed E-state index contributed by atoms with van der Waals surface area (Å²) < 4.78 is 12.6. The van der Waals surface area contributed by atoms with E-state index in [0.29, 0.717) is 23.1 Å². The van der Waals surface area contributed by atoms with Crippen molar-refractivity contribution in [1.82, 2.24) is 10.7 Å². The summed E-state index contributed by atoms with van der Waals surface area (Å²) in [5, 5.41) is 7.58. The van der Waals surface area contributed by atoms with Crippen LogP contribution in [0.25, 0.3) is 0 Å². The highest BCUT2D eigenvalue weighted by Gasteiger charge is 2.25. The van der Waals surface area contributed by atoms with Crippen LogP contribution in [0.4, 0.5) is 0 Å². The summed E-state index contributed by atoms with van der Waals surface area (Å²) in [6.07, 6.45) is 0.849. The molecule has 2 N–H and O–H groups in total. The standard InChI is InChI=1S/C32H28BrCl2N3O4/c1-21(42-30-16-13-26(34)18-28(30)35)31(39)37-29(17-22-5-3-2-4-6-22)32(40)38-36-19-23-9-14-27(15-10-23)41-20-24-7-11-25(33)12-8-24/h2-16,18-19,21,29H,17,20H2,1H3,(H,37,39)(H,38,40)/b36-19-/t21-,29+/m1/s1. The highest BCUT2D eigenvalue weighted by Crippen LogP contribution is 2.28. The van der Waals surface area contributed by atoms with Crippen molar-refractivity contribution in [2.24, 2.45) is 5.10 Å². The molecule has 0 aliphatic rings. The number of halogens is 3. The van der Waals surface area contributed by atoms with E-state index in [9.17, 15) is 9.59 Å². The molecular weight excluding hydrogens is 641 g/mol. The first kappa shape index (κ1) is 31.1. The van der Waals surface area contributed by atoms with Crippen LogP contribution in [0, 0.1) is 0 Å². The van der Waals surface area contributed by atoms with Crippen LogP contribution in [-0.2, 0) is 22.6 Å². The second kappa shape index (κ2) is 15.4. The molecule has 4 aromatic rings. The first-order valence-corrected chi connectivity index (χ1v) is 14.6. The number of rotatable bonds is 12. The summed E-state index contributed by atoms with van der Waals surface area (Å²) in [5.74, 6) is 0.0533. The van der Waals surface area contributed by atoms with Gasteiger partial charge in [-0.15, -0.1) is 0 Å². The Morgan fingerprint density at radius 2 is 1.62 bits per heavy atom. The Kier molecular flexibility index (Phi) is 11.4. The van der Waals surface area contributed by atoms with Gasteiger partial charge in [0.15, 0.2) is 6.10 Å². The number of benzene rings is 4. The molecule has 42 heavy (non-hydrogen) atoms. The fourth-order valence-corrected chi connectivity index (χ4v) is 4.53. The van der Waals surface area contributed by atoms with Crippen LogP contribution in [0.2, 0.25) is 10.0 Å². The average molecular weight is 669 g/mol. The lowest BCUT2D eigenvalue weighted by Crippen LogP contribution is -2.50. The summed E-state index contributed by atoms with van der Waals surface area (Å²) in [4.78, 5) is 26.1. The van der Waals surface area contributed by atoms with Gasteiger partial charge in [0.25, 0.3) is 11.8 Å². The number of hydrogen-bond acceptors (Lipinski definition) is 5. The zero-order chi connectivity index (χ0) is 29.9. The third kappa shape index (κ3) is 9.62. The van der Waals surface area contributed by atoms with Gasteiger partial charge in [-0.3, -0.25) is 9.59 Å². The molecular formula is C32H28BrCl2N3O4. The third-order valence-corrected chi connectivity index (χ3v) is 7.13. The van der Waals surface area contributed by atoms with Crippen molar-refractivity contribution in [3.63, 3.8) is 0 Å². The van der Waals surface area contributed by atoms with Gasteiger partial charge in [0.1, 0.15) is 24.1 Å². The van der Waals surface area contributed by atoms with Gasteiger partial charge in [-0.25, -0.2) is 5.43 Å². The summed E-state index contributed by atoms with van der Waals surface area (Å²) >= 11 is 15.5. The number of amides is 2. The quantitative estimate of drug-likeness (QED) is 0.126. The smallest absolute Gasteiger partial charge is 0.262 e. The van der Waals surface area contributed by atoms with Gasteiger partial charge in [0.05, 0.1) is 11.2 Å². The highest BCUT2D eigenvalue weighted by molar-refractivity contribution is 9.10. The minimum atomic E-state index is -0.928. The molecule has 0 aliphatic heterocycles. The van der Waals surface area contributed by atoms with E-state index in [1.807, 2.05) is 78.9 Å². The van der Waals surface area contributed by atoms with Crippen LogP contribution in [0.1, 0.15) is 23.6 Å². The Morgan fingerprint density at radius 3 is 2.31 bits per heavy atom. The molecule has 0 aromatic heterocycles. The molecule has 4 rings (SSSR count). The Balaban J connectivity index is 1.35. The molecule has 216 valence electrons. The molecule has 10 heteroatoms. The van der Waals surface area contributed by atoms with E-state index in [1.165, 1.54) is 12.3 Å². The van der Waals surface area contributed by atoms with Crippen molar-refractivity contribution >= 4 is 57.2 Å². The second-order valence-corrected chi connectivity index (χ2v) is 11.1. The van der Waals surface area contributed by atoms with Gasteiger partial charge in [-0.05, 0) is 78.2 Å². The monoisotopic (exact) mass is 667 g/mol. The zero-order valence-electron chi connectivity index (χ0n) is 22.6. The van der Waals surface area contributed by atoms with E-state index >= 15 is 0 Å². The highest BCUT2D eigenvalue weighted by atomic mass is 79.9. The molecule has 0 heterocycles. The fraction of sp³-hybridized carbons (Fsp3) is 0.156. The molecule has 0 saturated heterocycles. The minimum Gasteiger partial charge on any atom is -0.489 e. The summed E-state index contributed by atoms with van der Waals surface area (Å²) in [6, 6.07) is 28.4. The lowest BCUT2D eigenvalue weighted by molar-refractivity contribution is -0.132. The third-order valence-electron chi connectivity index (χ3n) is 6.07. The predicted molar refractivity (Wildman–Crippen MR) is 169 cm³/mol. The SMILES string of the molecule is C[C@@H](Oc1ccc(Cl)cc1Cl)C(=O)N[C@@H](Cc1ccccc1)C(=O)N/N=C\c1ccc(OCc2ccc(Br)cc2)cc1. The van der Waals surface area contributed by atoms with Crippen molar-refractivity contribution in [2.75, 3.05) is 0 Å². The summed E-state index contributed by atoms with van der Waals surface area (Å²) in [6.45, 7) is 2.02. The molecule has 0 fully saturated rings. The maximum atomic E-state index is 13.1. The van der Waals surface area contributed by atoms with Crippen LogP contribution in [0.3, 0.4) is 0 Å². The molecule has 0 bridgehead atoms. The lowest BCUT2D eigenvalue weighted by atomic mass is 10.1. The van der Waals surface area contributed by atoms with Gasteiger partial charge >= 0.3 is 0 Å². The number of hydrazone groups is 1. The molecule has 0 radical (unpaired) electrons. The van der Waals surface area contributed by atoms with Crippen LogP contribution >= 0.6 is 39.1 Å². The maximum absolute atomic E-state index is 13.1. The van der Waals surface area contributed by atoms with Crippen LogP contribution < -0.4 is 20.2 Å². The van der Waals surface area contributed by atoms with Gasteiger partial charge in [-0.1, -0.05) is 81.6 Å². The number of carbonyl (C=O) groups is 2. The van der Waals surface area contributed by atoms with Crippen molar-refractivity contribution in [3.05, 3.63) is 128 Å². The van der Waals surface area contributed by atoms with E-state index < -0.39 is 24.0 Å². The van der Waals surface area contributed by atoms with Crippen molar-refractivity contribution < 1.29 is 19.1 Å². The fourth-order valence-electron chi connectivity index (χ4n) is 3.81. The molecule has 0 aliphatic carbocycles. The van der Waals surface area contributed by atoms with Crippen molar-refractivity contribution in [3.8, 4) is 11.5 Å². The van der Waals surface area contributed by atoms with Crippen LogP contribution in [0.5, 0.6) is 11.5 Å². The zero-order valence-corrected chi connectivity index (χ0v) is 25.7. The lowest BCUT2D eigenvalue weighted by Gasteiger charge is -2.21. The van der Waals surface area contributed by atoms with Crippen molar-refractivity contribution in [2.45, 2.75) is 32.1 Å². The second-order valence-electron chi connectivity index (χ2n) is 9.30. The number of nitrogens with zero attached hydrogens (tertiary/aromatic N) is 1. The minimum absolute atomic E-state index is 0.257. The maximum Gasteiger partial charge on any atom is 0.262 e. The Bertz CT molecular complexity index is 1520. The number of nitrogens with one attached hydrogen (secondary N) is 2. The van der Waals surface area contributed by atoms with Gasteiger partial charge in [0.2, 0.25) is 0 Å². The first-order valence-electron chi connectivity index (χ1n) is 13.0. The summed E-state index contributed by atoms with van der Waals surface area (Å²) in [5.41, 5.74) is 5.22. The summed E-state index contributed by atoms with van der Waals surface area (Å²) in [7, 11) is 0. The van der Waals surface area contributed by atoms with E-state index in [-0.39, 0.29) is 11.4 Å². The van der Waals surface area contributed by atoms with Crippen LogP contribution in [0.15, 0.2) is 107 Å². The Labute approximate surface area is 263 Å². The molecule has 0 spiro atoms. The number of carbonyl (C=O) groups excluding carboxylic acids is 2. The first-order chi connectivity index (χ1) is 20.3. The van der Waals surface area contributed by atoms with Gasteiger partial charge < -0.3 is 14.8 Å².